The molecule has 20 heavy (non-hydrogen) atoms. The number of nitrogens with one attached hydrogen (secondary N) is 3. The molecule has 0 spiro atoms. The zero-order valence-electron chi connectivity index (χ0n) is 12.9. The number of amides is 1. The molecular weight excluding hydrogens is 256 g/mol. The average Bonchev–Trinajstić information content (AvgIpc) is 2.35. The van der Waals surface area contributed by atoms with Gasteiger partial charge in [-0.15, -0.1) is 0 Å². The van der Waals surface area contributed by atoms with Crippen LogP contribution in [0.5, 0.6) is 0 Å². The van der Waals surface area contributed by atoms with Crippen LogP contribution in [0.4, 0.5) is 0 Å². The highest BCUT2D eigenvalue weighted by Crippen LogP contribution is 2.06. The van der Waals surface area contributed by atoms with E-state index in [2.05, 4.69) is 10.6 Å². The molecular formula is C14H26N4O2. The summed E-state index contributed by atoms with van der Waals surface area (Å²) in [6, 6.07) is 0. The molecule has 6 nitrogen and oxygen atoms in total. The summed E-state index contributed by atoms with van der Waals surface area (Å²) in [7, 11) is 1.85. The Balaban J connectivity index is 5.05. The van der Waals surface area contributed by atoms with Gasteiger partial charge in [-0.1, -0.05) is 13.8 Å². The number of carbonyl (C=O) groups is 1. The molecule has 0 saturated heterocycles. The van der Waals surface area contributed by atoms with E-state index in [1.165, 1.54) is 0 Å². The lowest BCUT2D eigenvalue weighted by Gasteiger charge is -2.19. The van der Waals surface area contributed by atoms with E-state index in [4.69, 9.17) is 15.9 Å². The topological polar surface area (TPSA) is 100 Å². The Kier molecular flexibility index (Phi) is 7.61. The maximum Gasteiger partial charge on any atom is 0.255 e. The second-order valence-electron chi connectivity index (χ2n) is 5.41. The van der Waals surface area contributed by atoms with E-state index in [-0.39, 0.29) is 17.0 Å². The highest BCUT2D eigenvalue weighted by atomic mass is 16.5. The molecule has 0 aliphatic heterocycles. The molecule has 0 atom stereocenters. The lowest BCUT2D eigenvalue weighted by atomic mass is 10.1. The molecule has 0 fully saturated rings. The first kappa shape index (κ1) is 18.2. The van der Waals surface area contributed by atoms with Crippen LogP contribution in [0.25, 0.3) is 0 Å². The van der Waals surface area contributed by atoms with Crippen molar-refractivity contribution in [1.82, 2.24) is 10.6 Å². The van der Waals surface area contributed by atoms with Crippen molar-refractivity contribution in [2.24, 2.45) is 11.7 Å². The van der Waals surface area contributed by atoms with Crippen LogP contribution in [0.3, 0.4) is 0 Å². The molecule has 0 rings (SSSR count). The van der Waals surface area contributed by atoms with Crippen molar-refractivity contribution in [3.05, 3.63) is 23.7 Å². The maximum atomic E-state index is 11.3. The number of hydrogen-bond acceptors (Lipinski definition) is 5. The summed E-state index contributed by atoms with van der Waals surface area (Å²) < 4.78 is 5.51. The Morgan fingerprint density at radius 1 is 1.45 bits per heavy atom. The zero-order chi connectivity index (χ0) is 15.8. The molecule has 0 heterocycles. The first-order valence-corrected chi connectivity index (χ1v) is 6.54. The highest BCUT2D eigenvalue weighted by molar-refractivity contribution is 6.10. The van der Waals surface area contributed by atoms with Crippen LogP contribution in [0.15, 0.2) is 23.7 Å². The highest BCUT2D eigenvalue weighted by Gasteiger charge is 2.13. The van der Waals surface area contributed by atoms with Crippen molar-refractivity contribution in [3.63, 3.8) is 0 Å². The lowest BCUT2D eigenvalue weighted by Crippen LogP contribution is -2.34. The van der Waals surface area contributed by atoms with Crippen LogP contribution in [0, 0.1) is 11.3 Å². The number of nitrogens with two attached hydrogens (primary N) is 1. The van der Waals surface area contributed by atoms with Crippen LogP contribution in [-0.2, 0) is 9.53 Å². The van der Waals surface area contributed by atoms with E-state index in [1.807, 2.05) is 40.8 Å². The molecule has 5 N–H and O–H groups in total. The molecule has 0 radical (unpaired) electrons. The summed E-state index contributed by atoms with van der Waals surface area (Å²) in [5.74, 6) is -0.207. The second kappa shape index (κ2) is 8.37. The third-order valence-corrected chi connectivity index (χ3v) is 2.57. The van der Waals surface area contributed by atoms with Gasteiger partial charge in [0.25, 0.3) is 5.91 Å². The Morgan fingerprint density at radius 3 is 2.45 bits per heavy atom. The number of likely N-dealkylation sites (N-methyl/N-ethyl adjacent to an activating group) is 1. The summed E-state index contributed by atoms with van der Waals surface area (Å²) in [6.07, 6.45) is 4.44. The van der Waals surface area contributed by atoms with E-state index in [9.17, 15) is 4.79 Å². The van der Waals surface area contributed by atoms with E-state index in [0.29, 0.717) is 12.5 Å². The number of rotatable bonds is 9. The number of carbonyl (C=O) groups excluding carboxylic acids is 1. The second-order valence-corrected chi connectivity index (χ2v) is 5.41. The van der Waals surface area contributed by atoms with Crippen LogP contribution >= 0.6 is 0 Å². The molecule has 0 aromatic carbocycles. The van der Waals surface area contributed by atoms with Crippen LogP contribution < -0.4 is 16.4 Å². The fraction of sp³-hybridized carbons (Fsp3) is 0.571. The van der Waals surface area contributed by atoms with Gasteiger partial charge in [-0.3, -0.25) is 4.79 Å². The molecule has 0 unspecified atom stereocenters. The predicted molar refractivity (Wildman–Crippen MR) is 81.2 cm³/mol. The third kappa shape index (κ3) is 6.94. The van der Waals surface area contributed by atoms with Gasteiger partial charge in [0.15, 0.2) is 0 Å². The number of hydrogen-bond donors (Lipinski definition) is 4. The fourth-order valence-corrected chi connectivity index (χ4v) is 1.10. The van der Waals surface area contributed by atoms with Gasteiger partial charge in [0.05, 0.1) is 6.61 Å². The molecule has 0 aromatic rings. The van der Waals surface area contributed by atoms with Crippen LogP contribution in [-0.4, -0.2) is 31.3 Å². The van der Waals surface area contributed by atoms with Crippen molar-refractivity contribution >= 4 is 12.1 Å². The Labute approximate surface area is 121 Å². The summed E-state index contributed by atoms with van der Waals surface area (Å²) in [4.78, 5) is 11.3. The van der Waals surface area contributed by atoms with Gasteiger partial charge >= 0.3 is 0 Å². The smallest absolute Gasteiger partial charge is 0.255 e. The number of ether oxygens (including phenoxy) is 1. The molecule has 1 amide bonds. The summed E-state index contributed by atoms with van der Waals surface area (Å²) in [5, 5.41) is 13.3. The molecule has 0 aromatic heterocycles. The molecule has 114 valence electrons. The van der Waals surface area contributed by atoms with Gasteiger partial charge in [-0.25, -0.2) is 0 Å². The quantitative estimate of drug-likeness (QED) is 0.289. The first-order chi connectivity index (χ1) is 9.23. The normalized spacial score (nSPS) is 13.3. The molecule has 0 aliphatic rings. The van der Waals surface area contributed by atoms with Crippen LogP contribution in [0.1, 0.15) is 27.7 Å². The van der Waals surface area contributed by atoms with E-state index in [0.717, 1.165) is 6.21 Å². The standard InChI is InChI=1S/C14H26N4O2/c1-10(2)9-20-13(11(8-15)12(16)19)18-7-6-14(3,4)17-5/h6-8,10,15,17-18H,9H2,1-5H3,(H2,16,19)/b7-6+,13-11-,15-8?. The Hall–Kier alpha value is -1.82. The summed E-state index contributed by atoms with van der Waals surface area (Å²) in [5.41, 5.74) is 5.04. The molecule has 6 heteroatoms. The Bertz CT molecular complexity index is 398. The predicted octanol–water partition coefficient (Wildman–Crippen LogP) is 1.11. The van der Waals surface area contributed by atoms with Gasteiger partial charge in [-0.2, -0.15) is 0 Å². The third-order valence-electron chi connectivity index (χ3n) is 2.57. The van der Waals surface area contributed by atoms with Crippen LogP contribution in [0.2, 0.25) is 0 Å². The Morgan fingerprint density at radius 2 is 2.05 bits per heavy atom. The van der Waals surface area contributed by atoms with Gasteiger partial charge in [0, 0.05) is 18.0 Å². The molecule has 0 aliphatic carbocycles. The van der Waals surface area contributed by atoms with Crippen molar-refractivity contribution < 1.29 is 9.53 Å². The SMILES string of the molecule is CNC(C)(C)/C=C/N/C(OCC(C)C)=C(\C=N)C(N)=O. The van der Waals surface area contributed by atoms with E-state index >= 15 is 0 Å². The largest absolute Gasteiger partial charge is 0.478 e. The van der Waals surface area contributed by atoms with Gasteiger partial charge in [0.2, 0.25) is 5.88 Å². The monoisotopic (exact) mass is 282 g/mol. The van der Waals surface area contributed by atoms with Crippen molar-refractivity contribution in [1.29, 1.82) is 5.41 Å². The average molecular weight is 282 g/mol. The van der Waals surface area contributed by atoms with E-state index < -0.39 is 5.91 Å². The van der Waals surface area contributed by atoms with Crippen molar-refractivity contribution in [2.45, 2.75) is 33.2 Å². The minimum absolute atomic E-state index is 0.0116. The van der Waals surface area contributed by atoms with Gasteiger partial charge < -0.3 is 26.5 Å². The molecule has 0 saturated carbocycles. The van der Waals surface area contributed by atoms with E-state index in [1.54, 1.807) is 6.20 Å². The summed E-state index contributed by atoms with van der Waals surface area (Å²) in [6.45, 7) is 8.40. The van der Waals surface area contributed by atoms with Crippen molar-refractivity contribution in [2.75, 3.05) is 13.7 Å². The number of primary amides is 1. The lowest BCUT2D eigenvalue weighted by molar-refractivity contribution is -0.114. The molecule has 0 bridgehead atoms. The zero-order valence-corrected chi connectivity index (χ0v) is 12.9. The minimum atomic E-state index is -0.701. The minimum Gasteiger partial charge on any atom is -0.478 e. The summed E-state index contributed by atoms with van der Waals surface area (Å²) >= 11 is 0. The maximum absolute atomic E-state index is 11.3. The van der Waals surface area contributed by atoms with Gasteiger partial charge in [0.1, 0.15) is 5.57 Å². The van der Waals surface area contributed by atoms with Crippen molar-refractivity contribution in [3.8, 4) is 0 Å². The van der Waals surface area contributed by atoms with Gasteiger partial charge in [-0.05, 0) is 32.9 Å². The fourth-order valence-electron chi connectivity index (χ4n) is 1.10. The first-order valence-electron chi connectivity index (χ1n) is 6.54.